The summed E-state index contributed by atoms with van der Waals surface area (Å²) in [6.07, 6.45) is 1.59. The van der Waals surface area contributed by atoms with Crippen molar-refractivity contribution in [3.8, 4) is 5.75 Å². The highest BCUT2D eigenvalue weighted by Gasteiger charge is 2.13. The summed E-state index contributed by atoms with van der Waals surface area (Å²) in [5, 5.41) is 9.48. The van der Waals surface area contributed by atoms with Crippen molar-refractivity contribution in [2.75, 3.05) is 7.11 Å². The van der Waals surface area contributed by atoms with Crippen LogP contribution < -0.4 is 4.74 Å². The molecule has 2 rings (SSSR count). The molecule has 18 heavy (non-hydrogen) atoms. The van der Waals surface area contributed by atoms with E-state index in [4.69, 9.17) is 21.4 Å². The van der Waals surface area contributed by atoms with Crippen LogP contribution in [0.4, 0.5) is 0 Å². The van der Waals surface area contributed by atoms with Crippen LogP contribution in [0.1, 0.15) is 16.1 Å². The molecule has 0 aliphatic carbocycles. The van der Waals surface area contributed by atoms with Gasteiger partial charge in [-0.25, -0.2) is 4.79 Å². The molecule has 0 aliphatic rings. The molecule has 0 amide bonds. The zero-order valence-electron chi connectivity index (χ0n) is 9.76. The maximum Gasteiger partial charge on any atom is 0.352 e. The molecule has 1 aromatic heterocycles. The lowest BCUT2D eigenvalue weighted by molar-refractivity contribution is 0.0685. The van der Waals surface area contributed by atoms with Crippen molar-refractivity contribution >= 4 is 17.6 Å². The molecule has 0 radical (unpaired) electrons. The van der Waals surface area contributed by atoms with Gasteiger partial charge in [0.2, 0.25) is 0 Å². The molecule has 4 nitrogen and oxygen atoms in total. The van der Waals surface area contributed by atoms with Crippen LogP contribution in [-0.2, 0) is 6.54 Å². The van der Waals surface area contributed by atoms with Gasteiger partial charge >= 0.3 is 5.97 Å². The number of aromatic carboxylic acids is 1. The van der Waals surface area contributed by atoms with Gasteiger partial charge in [0, 0.05) is 11.8 Å². The first kappa shape index (κ1) is 12.5. The van der Waals surface area contributed by atoms with Crippen molar-refractivity contribution in [1.82, 2.24) is 4.57 Å². The second-order valence-corrected chi connectivity index (χ2v) is 4.22. The van der Waals surface area contributed by atoms with Gasteiger partial charge in [0.25, 0.3) is 0 Å². The Morgan fingerprint density at radius 3 is 2.83 bits per heavy atom. The van der Waals surface area contributed by atoms with Crippen molar-refractivity contribution in [3.63, 3.8) is 0 Å². The minimum absolute atomic E-state index is 0.158. The Bertz CT molecular complexity index is 577. The maximum absolute atomic E-state index is 11.1. The van der Waals surface area contributed by atoms with E-state index in [1.165, 1.54) is 6.07 Å². The van der Waals surface area contributed by atoms with E-state index in [1.54, 1.807) is 17.9 Å². The lowest BCUT2D eigenvalue weighted by Gasteiger charge is -2.10. The third-order valence-electron chi connectivity index (χ3n) is 2.62. The molecule has 0 fully saturated rings. The Hall–Kier alpha value is -1.94. The molecule has 0 unspecified atom stereocenters. The summed E-state index contributed by atoms with van der Waals surface area (Å²) in [5.41, 5.74) is 1.06. The minimum Gasteiger partial charge on any atom is -0.496 e. The van der Waals surface area contributed by atoms with E-state index in [2.05, 4.69) is 0 Å². The lowest BCUT2D eigenvalue weighted by Crippen LogP contribution is -2.09. The molecule has 0 aliphatic heterocycles. The fraction of sp³-hybridized carbons (Fsp3) is 0.154. The number of benzene rings is 1. The summed E-state index contributed by atoms with van der Waals surface area (Å²) < 4.78 is 6.82. The molecule has 94 valence electrons. The summed E-state index contributed by atoms with van der Waals surface area (Å²) in [6, 6.07) is 8.89. The zero-order chi connectivity index (χ0) is 13.1. The summed E-state index contributed by atoms with van der Waals surface area (Å²) in [6.45, 7) is 0.401. The van der Waals surface area contributed by atoms with Crippen molar-refractivity contribution in [2.45, 2.75) is 6.54 Å². The quantitative estimate of drug-likeness (QED) is 0.925. The number of methoxy groups -OCH3 is 1. The monoisotopic (exact) mass is 265 g/mol. The fourth-order valence-electron chi connectivity index (χ4n) is 1.80. The summed E-state index contributed by atoms with van der Waals surface area (Å²) >= 11 is 5.83. The van der Waals surface area contributed by atoms with E-state index in [9.17, 15) is 4.79 Å². The van der Waals surface area contributed by atoms with E-state index < -0.39 is 5.97 Å². The van der Waals surface area contributed by atoms with Gasteiger partial charge < -0.3 is 14.4 Å². The van der Waals surface area contributed by atoms with Crippen molar-refractivity contribution in [1.29, 1.82) is 0 Å². The molecule has 0 spiro atoms. The fourth-order valence-corrected chi connectivity index (χ4v) is 2.02. The summed E-state index contributed by atoms with van der Waals surface area (Å²) in [5.74, 6) is -0.282. The number of aromatic nitrogens is 1. The number of halogens is 1. The molecule has 0 bridgehead atoms. The molecule has 0 atom stereocenters. The average Bonchev–Trinajstić information content (AvgIpc) is 2.71. The zero-order valence-corrected chi connectivity index (χ0v) is 10.5. The second kappa shape index (κ2) is 5.14. The van der Waals surface area contributed by atoms with Crippen LogP contribution in [-0.4, -0.2) is 22.8 Å². The highest BCUT2D eigenvalue weighted by atomic mass is 35.5. The van der Waals surface area contributed by atoms with Crippen LogP contribution in [0, 0.1) is 0 Å². The van der Waals surface area contributed by atoms with Gasteiger partial charge in [0.05, 0.1) is 18.7 Å². The lowest BCUT2D eigenvalue weighted by atomic mass is 10.2. The van der Waals surface area contributed by atoms with Crippen LogP contribution in [0.15, 0.2) is 36.5 Å². The van der Waals surface area contributed by atoms with Crippen LogP contribution in [0.25, 0.3) is 0 Å². The minimum atomic E-state index is -1.00. The number of hydrogen-bond acceptors (Lipinski definition) is 2. The average molecular weight is 266 g/mol. The standard InChI is InChI=1S/C13H12ClNO3/c1-18-12-5-3-2-4-9(12)7-15-8-10(14)6-11(15)13(16)17/h2-6,8H,7H2,1H3,(H,16,17). The largest absolute Gasteiger partial charge is 0.496 e. The smallest absolute Gasteiger partial charge is 0.352 e. The Morgan fingerprint density at radius 2 is 2.17 bits per heavy atom. The molecular formula is C13H12ClNO3. The van der Waals surface area contributed by atoms with Crippen molar-refractivity contribution in [2.24, 2.45) is 0 Å². The topological polar surface area (TPSA) is 51.5 Å². The van der Waals surface area contributed by atoms with Gasteiger partial charge in [-0.3, -0.25) is 0 Å². The first-order chi connectivity index (χ1) is 8.61. The van der Waals surface area contributed by atoms with E-state index >= 15 is 0 Å². The normalized spacial score (nSPS) is 10.3. The Morgan fingerprint density at radius 1 is 1.44 bits per heavy atom. The van der Waals surface area contributed by atoms with Crippen LogP contribution in [0.2, 0.25) is 5.02 Å². The van der Waals surface area contributed by atoms with Crippen LogP contribution in [0.5, 0.6) is 5.75 Å². The maximum atomic E-state index is 11.1. The molecule has 0 saturated heterocycles. The Balaban J connectivity index is 2.36. The number of para-hydroxylation sites is 1. The highest BCUT2D eigenvalue weighted by Crippen LogP contribution is 2.21. The molecule has 2 aromatic rings. The predicted molar refractivity (Wildman–Crippen MR) is 68.5 cm³/mol. The molecular weight excluding hydrogens is 254 g/mol. The molecule has 1 aromatic carbocycles. The number of ether oxygens (including phenoxy) is 1. The first-order valence-corrected chi connectivity index (χ1v) is 5.70. The van der Waals surface area contributed by atoms with Gasteiger partial charge in [-0.05, 0) is 12.1 Å². The Kier molecular flexibility index (Phi) is 3.58. The molecule has 1 N–H and O–H groups in total. The number of rotatable bonds is 4. The number of hydrogen-bond donors (Lipinski definition) is 1. The Labute approximate surface area is 109 Å². The molecule has 1 heterocycles. The summed E-state index contributed by atoms with van der Waals surface area (Å²) in [7, 11) is 1.58. The van der Waals surface area contributed by atoms with Gasteiger partial charge in [0.1, 0.15) is 11.4 Å². The number of carbonyl (C=O) groups is 1. The van der Waals surface area contributed by atoms with Crippen molar-refractivity contribution in [3.05, 3.63) is 52.8 Å². The second-order valence-electron chi connectivity index (χ2n) is 3.79. The highest BCUT2D eigenvalue weighted by molar-refractivity contribution is 6.30. The van der Waals surface area contributed by atoms with Gasteiger partial charge in [-0.2, -0.15) is 0 Å². The van der Waals surface area contributed by atoms with Crippen LogP contribution in [0.3, 0.4) is 0 Å². The molecule has 0 saturated carbocycles. The SMILES string of the molecule is COc1ccccc1Cn1cc(Cl)cc1C(=O)O. The van der Waals surface area contributed by atoms with Gasteiger partial charge in [-0.15, -0.1) is 0 Å². The third kappa shape index (κ3) is 2.49. The predicted octanol–water partition coefficient (Wildman–Crippen LogP) is 2.90. The number of nitrogens with zero attached hydrogens (tertiary/aromatic N) is 1. The summed E-state index contributed by atoms with van der Waals surface area (Å²) in [4.78, 5) is 11.1. The van der Waals surface area contributed by atoms with E-state index in [-0.39, 0.29) is 5.69 Å². The third-order valence-corrected chi connectivity index (χ3v) is 2.82. The van der Waals surface area contributed by atoms with E-state index in [1.807, 2.05) is 24.3 Å². The van der Waals surface area contributed by atoms with Gasteiger partial charge in [-0.1, -0.05) is 29.8 Å². The number of carboxylic acids is 1. The number of carboxylic acid groups (broad SMARTS) is 1. The van der Waals surface area contributed by atoms with E-state index in [0.717, 1.165) is 11.3 Å². The van der Waals surface area contributed by atoms with Crippen molar-refractivity contribution < 1.29 is 14.6 Å². The van der Waals surface area contributed by atoms with Gasteiger partial charge in [0.15, 0.2) is 0 Å². The first-order valence-electron chi connectivity index (χ1n) is 5.32. The van der Waals surface area contributed by atoms with Crippen LogP contribution >= 0.6 is 11.6 Å². The van der Waals surface area contributed by atoms with E-state index in [0.29, 0.717) is 11.6 Å². The molecule has 5 heteroatoms.